The molecule has 3 rings (SSSR count). The molecule has 0 saturated heterocycles. The lowest BCUT2D eigenvalue weighted by molar-refractivity contribution is 0.0958. The third-order valence-electron chi connectivity index (χ3n) is 2.95. The molecule has 20 heavy (non-hydrogen) atoms. The fraction of sp³-hybridized carbons (Fsp3) is 0.143. The van der Waals surface area contributed by atoms with Crippen LogP contribution < -0.4 is 11.1 Å². The average Bonchev–Trinajstić information content (AvgIpc) is 3.08. The number of hydrogen-bond acceptors (Lipinski definition) is 5. The molecule has 3 N–H and O–H groups in total. The second-order valence-corrected chi connectivity index (χ2v) is 5.29. The molecule has 0 aromatic carbocycles. The van der Waals surface area contributed by atoms with E-state index in [-0.39, 0.29) is 5.91 Å². The second-order valence-electron chi connectivity index (χ2n) is 4.29. The van der Waals surface area contributed by atoms with Gasteiger partial charge in [-0.1, -0.05) is 0 Å². The van der Waals surface area contributed by atoms with Crippen molar-refractivity contribution in [1.82, 2.24) is 10.3 Å². The number of nitrogen functional groups attached to an aromatic ring is 1. The van der Waals surface area contributed by atoms with Gasteiger partial charge >= 0.3 is 0 Å². The molecule has 3 heterocycles. The van der Waals surface area contributed by atoms with Gasteiger partial charge in [0.25, 0.3) is 5.91 Å². The van der Waals surface area contributed by atoms with Crippen molar-refractivity contribution in [2.45, 2.75) is 6.42 Å². The minimum Gasteiger partial charge on any atom is -0.469 e. The van der Waals surface area contributed by atoms with E-state index in [1.165, 1.54) is 11.3 Å². The zero-order valence-corrected chi connectivity index (χ0v) is 11.4. The summed E-state index contributed by atoms with van der Waals surface area (Å²) in [6.45, 7) is 0.507. The molecular weight excluding hydrogens is 274 g/mol. The average molecular weight is 287 g/mol. The number of nitrogens with two attached hydrogens (primary N) is 1. The predicted molar refractivity (Wildman–Crippen MR) is 78.8 cm³/mol. The Morgan fingerprint density at radius 1 is 1.40 bits per heavy atom. The zero-order valence-electron chi connectivity index (χ0n) is 10.6. The van der Waals surface area contributed by atoms with Crippen molar-refractivity contribution in [1.29, 1.82) is 0 Å². The number of nitrogens with zero attached hydrogens (tertiary/aromatic N) is 1. The van der Waals surface area contributed by atoms with Crippen LogP contribution in [-0.2, 0) is 6.42 Å². The molecule has 0 saturated carbocycles. The van der Waals surface area contributed by atoms with Crippen LogP contribution in [0, 0.1) is 0 Å². The molecule has 102 valence electrons. The van der Waals surface area contributed by atoms with E-state index in [4.69, 9.17) is 10.2 Å². The smallest absolute Gasteiger partial charge is 0.263 e. The Hall–Kier alpha value is -2.34. The first kappa shape index (κ1) is 12.7. The minimum absolute atomic E-state index is 0.169. The molecule has 0 aliphatic rings. The maximum Gasteiger partial charge on any atom is 0.263 e. The quantitative estimate of drug-likeness (QED) is 0.772. The van der Waals surface area contributed by atoms with Crippen molar-refractivity contribution in [2.24, 2.45) is 0 Å². The number of pyridine rings is 1. The monoisotopic (exact) mass is 287 g/mol. The Labute approximate surface area is 119 Å². The van der Waals surface area contributed by atoms with Gasteiger partial charge in [-0.05, 0) is 24.3 Å². The van der Waals surface area contributed by atoms with Gasteiger partial charge in [-0.3, -0.25) is 4.79 Å². The Kier molecular flexibility index (Phi) is 3.39. The normalized spacial score (nSPS) is 10.8. The van der Waals surface area contributed by atoms with Crippen LogP contribution in [0.25, 0.3) is 10.2 Å². The van der Waals surface area contributed by atoms with Gasteiger partial charge in [0.1, 0.15) is 15.5 Å². The highest BCUT2D eigenvalue weighted by Gasteiger charge is 2.16. The summed E-state index contributed by atoms with van der Waals surface area (Å²) in [5, 5.41) is 3.67. The number of hydrogen-bond donors (Lipinski definition) is 2. The highest BCUT2D eigenvalue weighted by Crippen LogP contribution is 2.31. The standard InChI is InChI=1S/C14H13N3O2S/c15-11-10-4-1-6-17-14(10)20-12(11)13(18)16-7-5-9-3-2-8-19-9/h1-4,6,8H,5,7,15H2,(H,16,18). The molecule has 0 aliphatic heterocycles. The Morgan fingerprint density at radius 3 is 3.05 bits per heavy atom. The van der Waals surface area contributed by atoms with Gasteiger partial charge in [-0.15, -0.1) is 11.3 Å². The molecule has 0 atom stereocenters. The van der Waals surface area contributed by atoms with Crippen LogP contribution in [-0.4, -0.2) is 17.4 Å². The zero-order chi connectivity index (χ0) is 13.9. The van der Waals surface area contributed by atoms with E-state index in [0.717, 1.165) is 16.0 Å². The van der Waals surface area contributed by atoms with Crippen molar-refractivity contribution in [3.8, 4) is 0 Å². The number of nitrogens with one attached hydrogen (secondary N) is 1. The summed E-state index contributed by atoms with van der Waals surface area (Å²) in [6.07, 6.45) is 3.96. The number of aromatic nitrogens is 1. The molecule has 0 radical (unpaired) electrons. The first-order valence-electron chi connectivity index (χ1n) is 6.19. The van der Waals surface area contributed by atoms with E-state index in [1.54, 1.807) is 12.5 Å². The molecule has 1 amide bonds. The summed E-state index contributed by atoms with van der Waals surface area (Å²) >= 11 is 1.31. The summed E-state index contributed by atoms with van der Waals surface area (Å²) in [6, 6.07) is 7.38. The van der Waals surface area contributed by atoms with Crippen molar-refractivity contribution in [3.05, 3.63) is 47.4 Å². The van der Waals surface area contributed by atoms with Crippen LogP contribution in [0.15, 0.2) is 41.1 Å². The molecule has 0 fully saturated rings. The molecule has 0 bridgehead atoms. The lowest BCUT2D eigenvalue weighted by Crippen LogP contribution is -2.25. The minimum atomic E-state index is -0.169. The molecule has 3 aromatic rings. The molecule has 5 nitrogen and oxygen atoms in total. The van der Waals surface area contributed by atoms with Crippen LogP contribution in [0.3, 0.4) is 0 Å². The fourth-order valence-electron chi connectivity index (χ4n) is 1.95. The molecular formula is C14H13N3O2S. The maximum absolute atomic E-state index is 12.1. The Morgan fingerprint density at radius 2 is 2.30 bits per heavy atom. The predicted octanol–water partition coefficient (Wildman–Crippen LogP) is 2.44. The van der Waals surface area contributed by atoms with Gasteiger partial charge in [-0.25, -0.2) is 4.98 Å². The number of rotatable bonds is 4. The van der Waals surface area contributed by atoms with Gasteiger partial charge in [0.2, 0.25) is 0 Å². The fourth-order valence-corrected chi connectivity index (χ4v) is 2.93. The van der Waals surface area contributed by atoms with Crippen molar-refractivity contribution in [2.75, 3.05) is 12.3 Å². The summed E-state index contributed by atoms with van der Waals surface area (Å²) < 4.78 is 5.21. The third kappa shape index (κ3) is 2.37. The van der Waals surface area contributed by atoms with Crippen molar-refractivity contribution >= 4 is 33.1 Å². The van der Waals surface area contributed by atoms with E-state index in [2.05, 4.69) is 10.3 Å². The molecule has 0 unspecified atom stereocenters. The van der Waals surface area contributed by atoms with Crippen LogP contribution in [0.5, 0.6) is 0 Å². The number of anilines is 1. The van der Waals surface area contributed by atoms with Gasteiger partial charge in [0, 0.05) is 24.5 Å². The topological polar surface area (TPSA) is 81.2 Å². The number of carbonyl (C=O) groups excluding carboxylic acids is 1. The van der Waals surface area contributed by atoms with E-state index in [0.29, 0.717) is 23.5 Å². The van der Waals surface area contributed by atoms with E-state index >= 15 is 0 Å². The number of fused-ring (bicyclic) bond motifs is 1. The first-order chi connectivity index (χ1) is 9.75. The third-order valence-corrected chi connectivity index (χ3v) is 4.08. The SMILES string of the molecule is Nc1c(C(=O)NCCc2ccco2)sc2ncccc12. The maximum atomic E-state index is 12.1. The van der Waals surface area contributed by atoms with Crippen LogP contribution in [0.4, 0.5) is 5.69 Å². The van der Waals surface area contributed by atoms with Crippen LogP contribution in [0.1, 0.15) is 15.4 Å². The molecule has 6 heteroatoms. The van der Waals surface area contributed by atoms with Gasteiger partial charge in [0.05, 0.1) is 12.0 Å². The highest BCUT2D eigenvalue weighted by atomic mass is 32.1. The van der Waals surface area contributed by atoms with Gasteiger partial charge in [-0.2, -0.15) is 0 Å². The van der Waals surface area contributed by atoms with Gasteiger partial charge < -0.3 is 15.5 Å². The number of carbonyl (C=O) groups is 1. The van der Waals surface area contributed by atoms with Crippen molar-refractivity contribution < 1.29 is 9.21 Å². The van der Waals surface area contributed by atoms with Crippen LogP contribution >= 0.6 is 11.3 Å². The highest BCUT2D eigenvalue weighted by molar-refractivity contribution is 7.21. The number of furan rings is 1. The van der Waals surface area contributed by atoms with Gasteiger partial charge in [0.15, 0.2) is 0 Å². The van der Waals surface area contributed by atoms with E-state index < -0.39 is 0 Å². The first-order valence-corrected chi connectivity index (χ1v) is 7.01. The lowest BCUT2D eigenvalue weighted by Gasteiger charge is -2.02. The van der Waals surface area contributed by atoms with Crippen molar-refractivity contribution in [3.63, 3.8) is 0 Å². The summed E-state index contributed by atoms with van der Waals surface area (Å²) in [5.41, 5.74) is 6.49. The Balaban J connectivity index is 1.71. The van der Waals surface area contributed by atoms with E-state index in [1.807, 2.05) is 24.3 Å². The number of thiophene rings is 1. The largest absolute Gasteiger partial charge is 0.469 e. The molecule has 0 aliphatic carbocycles. The summed E-state index contributed by atoms with van der Waals surface area (Å²) in [7, 11) is 0. The van der Waals surface area contributed by atoms with E-state index in [9.17, 15) is 4.79 Å². The lowest BCUT2D eigenvalue weighted by atomic mass is 10.2. The summed E-state index contributed by atoms with van der Waals surface area (Å²) in [5.74, 6) is 0.674. The molecule has 3 aromatic heterocycles. The summed E-state index contributed by atoms with van der Waals surface area (Å²) in [4.78, 5) is 17.6. The van der Waals surface area contributed by atoms with Crippen LogP contribution in [0.2, 0.25) is 0 Å². The number of amides is 1. The molecule has 0 spiro atoms. The Bertz CT molecular complexity index is 734. The second kappa shape index (κ2) is 5.34.